The zero-order chi connectivity index (χ0) is 19.8. The fourth-order valence-electron chi connectivity index (χ4n) is 1.59. The number of rotatable bonds is 21. The molecule has 0 aromatic rings. The Morgan fingerprint density at radius 3 is 1.48 bits per heavy atom. The number of nitrogens with zero attached hydrogens (tertiary/aromatic N) is 3. The fourth-order valence-corrected chi connectivity index (χ4v) is 1.59. The fraction of sp³-hybridized carbons (Fsp3) is 0.933. The SMILES string of the molecule is [N-]=[N+]=NCCOCCOCCOCCOCCOCCOCCC(=O)NN. The lowest BCUT2D eigenvalue weighted by Gasteiger charge is -2.08. The molecule has 12 nitrogen and oxygen atoms in total. The highest BCUT2D eigenvalue weighted by molar-refractivity contribution is 5.75. The van der Waals surface area contributed by atoms with Gasteiger partial charge in [-0.05, 0) is 5.53 Å². The van der Waals surface area contributed by atoms with E-state index in [0.29, 0.717) is 85.8 Å². The summed E-state index contributed by atoms with van der Waals surface area (Å²) in [6.45, 7) is 5.69. The molecule has 0 bridgehead atoms. The lowest BCUT2D eigenvalue weighted by Crippen LogP contribution is -2.30. The highest BCUT2D eigenvalue weighted by atomic mass is 16.6. The summed E-state index contributed by atoms with van der Waals surface area (Å²) in [4.78, 5) is 13.4. The summed E-state index contributed by atoms with van der Waals surface area (Å²) in [5.74, 6) is 4.68. The van der Waals surface area contributed by atoms with Gasteiger partial charge in [0.15, 0.2) is 0 Å². The second-order valence-electron chi connectivity index (χ2n) is 4.95. The van der Waals surface area contributed by atoms with Gasteiger partial charge in [-0.2, -0.15) is 0 Å². The topological polar surface area (TPSA) is 159 Å². The average Bonchev–Trinajstić information content (AvgIpc) is 2.68. The predicted molar refractivity (Wildman–Crippen MR) is 95.9 cm³/mol. The molecule has 0 aliphatic rings. The number of hydrogen-bond acceptors (Lipinski definition) is 9. The monoisotopic (exact) mass is 393 g/mol. The van der Waals surface area contributed by atoms with Crippen LogP contribution in [0.25, 0.3) is 10.4 Å². The zero-order valence-electron chi connectivity index (χ0n) is 15.7. The largest absolute Gasteiger partial charge is 0.379 e. The van der Waals surface area contributed by atoms with Crippen molar-refractivity contribution in [2.24, 2.45) is 11.0 Å². The van der Waals surface area contributed by atoms with Gasteiger partial charge < -0.3 is 28.4 Å². The standard InChI is InChI=1S/C15H31N5O7/c16-19-15(21)1-3-22-5-7-24-9-11-26-13-14-27-12-10-25-8-6-23-4-2-18-20-17/h1-14,16H2,(H,19,21). The highest BCUT2D eigenvalue weighted by Gasteiger charge is 1.97. The Hall–Kier alpha value is -1.50. The van der Waals surface area contributed by atoms with Crippen molar-refractivity contribution >= 4 is 5.91 Å². The molecule has 158 valence electrons. The van der Waals surface area contributed by atoms with Gasteiger partial charge in [0, 0.05) is 11.5 Å². The number of nitrogens with two attached hydrogens (primary N) is 1. The second kappa shape index (κ2) is 22.5. The molecule has 0 radical (unpaired) electrons. The molecule has 1 amide bonds. The number of hydrogen-bond donors (Lipinski definition) is 2. The van der Waals surface area contributed by atoms with Crippen molar-refractivity contribution in [1.82, 2.24) is 5.43 Å². The molecule has 27 heavy (non-hydrogen) atoms. The summed E-state index contributed by atoms with van der Waals surface area (Å²) < 4.78 is 31.7. The molecule has 0 saturated carbocycles. The van der Waals surface area contributed by atoms with Crippen LogP contribution in [0.15, 0.2) is 5.11 Å². The van der Waals surface area contributed by atoms with Crippen LogP contribution in [0.4, 0.5) is 0 Å². The van der Waals surface area contributed by atoms with Crippen molar-refractivity contribution < 1.29 is 33.2 Å². The van der Waals surface area contributed by atoms with Crippen LogP contribution in [-0.2, 0) is 33.2 Å². The first kappa shape index (κ1) is 25.5. The smallest absolute Gasteiger partial charge is 0.236 e. The number of carbonyl (C=O) groups excluding carboxylic acids is 1. The maximum absolute atomic E-state index is 10.8. The van der Waals surface area contributed by atoms with Crippen LogP contribution in [-0.4, -0.2) is 91.7 Å². The molecule has 0 saturated heterocycles. The van der Waals surface area contributed by atoms with Gasteiger partial charge in [0.2, 0.25) is 5.91 Å². The molecule has 12 heteroatoms. The molecular formula is C15H31N5O7. The van der Waals surface area contributed by atoms with Gasteiger partial charge in [-0.15, -0.1) is 0 Å². The molecule has 0 aromatic heterocycles. The first-order valence-electron chi connectivity index (χ1n) is 8.78. The predicted octanol–water partition coefficient (Wildman–Crippen LogP) is -0.224. The minimum absolute atomic E-state index is 0.233. The number of carbonyl (C=O) groups is 1. The average molecular weight is 393 g/mol. The molecular weight excluding hydrogens is 362 g/mol. The molecule has 0 rings (SSSR count). The zero-order valence-corrected chi connectivity index (χ0v) is 15.7. The molecule has 0 unspecified atom stereocenters. The van der Waals surface area contributed by atoms with Crippen molar-refractivity contribution in [2.45, 2.75) is 6.42 Å². The molecule has 0 aliphatic heterocycles. The van der Waals surface area contributed by atoms with Crippen LogP contribution in [0.1, 0.15) is 6.42 Å². The molecule has 0 aliphatic carbocycles. The molecule has 0 atom stereocenters. The van der Waals surface area contributed by atoms with E-state index in [-0.39, 0.29) is 12.3 Å². The second-order valence-corrected chi connectivity index (χ2v) is 4.95. The first-order valence-corrected chi connectivity index (χ1v) is 8.78. The van der Waals surface area contributed by atoms with Gasteiger partial charge in [0.1, 0.15) is 0 Å². The minimum atomic E-state index is -0.258. The third kappa shape index (κ3) is 22.5. The van der Waals surface area contributed by atoms with Crippen LogP contribution in [0.3, 0.4) is 0 Å². The number of amides is 1. The Morgan fingerprint density at radius 1 is 0.741 bits per heavy atom. The molecule has 3 N–H and O–H groups in total. The summed E-state index contributed by atoms with van der Waals surface area (Å²) in [6, 6.07) is 0. The first-order chi connectivity index (χ1) is 13.3. The van der Waals surface area contributed by atoms with Gasteiger partial charge in [-0.1, -0.05) is 5.11 Å². The van der Waals surface area contributed by atoms with Crippen molar-refractivity contribution in [1.29, 1.82) is 0 Å². The summed E-state index contributed by atoms with van der Waals surface area (Å²) in [5, 5.41) is 3.35. The molecule has 0 aromatic carbocycles. The molecule has 0 heterocycles. The van der Waals surface area contributed by atoms with E-state index in [9.17, 15) is 4.79 Å². The highest BCUT2D eigenvalue weighted by Crippen LogP contribution is 1.86. The third-order valence-electron chi connectivity index (χ3n) is 2.89. The Balaban J connectivity index is 3.03. The Kier molecular flexibility index (Phi) is 21.3. The van der Waals surface area contributed by atoms with Crippen molar-refractivity contribution in [3.05, 3.63) is 10.4 Å². The molecule has 0 fully saturated rings. The number of hydrazine groups is 1. The summed E-state index contributed by atoms with van der Waals surface area (Å²) in [6.07, 6.45) is 0.233. The van der Waals surface area contributed by atoms with E-state index < -0.39 is 0 Å². The van der Waals surface area contributed by atoms with Crippen molar-refractivity contribution in [2.75, 3.05) is 85.8 Å². The number of nitrogens with one attached hydrogen (secondary N) is 1. The van der Waals surface area contributed by atoms with Crippen LogP contribution >= 0.6 is 0 Å². The van der Waals surface area contributed by atoms with E-state index in [2.05, 4.69) is 10.0 Å². The van der Waals surface area contributed by atoms with Gasteiger partial charge in [-0.3, -0.25) is 10.2 Å². The molecule has 0 spiro atoms. The van der Waals surface area contributed by atoms with E-state index in [1.54, 1.807) is 0 Å². The number of azide groups is 1. The van der Waals surface area contributed by atoms with Gasteiger partial charge in [-0.25, -0.2) is 5.84 Å². The van der Waals surface area contributed by atoms with Gasteiger partial charge in [0.25, 0.3) is 0 Å². The maximum Gasteiger partial charge on any atom is 0.236 e. The summed E-state index contributed by atoms with van der Waals surface area (Å²) in [7, 11) is 0. The Labute approximate surface area is 159 Å². The van der Waals surface area contributed by atoms with Crippen LogP contribution < -0.4 is 11.3 Å². The van der Waals surface area contributed by atoms with Crippen LogP contribution in [0, 0.1) is 0 Å². The van der Waals surface area contributed by atoms with Gasteiger partial charge >= 0.3 is 0 Å². The van der Waals surface area contributed by atoms with E-state index in [0.717, 1.165) is 0 Å². The van der Waals surface area contributed by atoms with Crippen molar-refractivity contribution in [3.8, 4) is 0 Å². The van der Waals surface area contributed by atoms with Crippen molar-refractivity contribution in [3.63, 3.8) is 0 Å². The number of ether oxygens (including phenoxy) is 6. The summed E-state index contributed by atoms with van der Waals surface area (Å²) >= 11 is 0. The van der Waals surface area contributed by atoms with E-state index in [1.807, 2.05) is 5.43 Å². The van der Waals surface area contributed by atoms with Crippen LogP contribution in [0.5, 0.6) is 0 Å². The van der Waals surface area contributed by atoms with E-state index >= 15 is 0 Å². The third-order valence-corrected chi connectivity index (χ3v) is 2.89. The summed E-state index contributed by atoms with van der Waals surface area (Å²) in [5.41, 5.74) is 10.1. The Bertz CT molecular complexity index is 384. The van der Waals surface area contributed by atoms with Gasteiger partial charge in [0.05, 0.1) is 85.7 Å². The lowest BCUT2D eigenvalue weighted by atomic mass is 10.4. The quantitative estimate of drug-likeness (QED) is 0.0515. The van der Waals surface area contributed by atoms with E-state index in [4.69, 9.17) is 39.8 Å². The van der Waals surface area contributed by atoms with Crippen LogP contribution in [0.2, 0.25) is 0 Å². The normalized spacial score (nSPS) is 10.6. The Morgan fingerprint density at radius 2 is 1.11 bits per heavy atom. The minimum Gasteiger partial charge on any atom is -0.379 e. The van der Waals surface area contributed by atoms with E-state index in [1.165, 1.54) is 0 Å². The lowest BCUT2D eigenvalue weighted by molar-refractivity contribution is -0.122. The maximum atomic E-state index is 10.8.